The molecule has 1 saturated carbocycles. The number of aromatic carboxylic acids is 1. The Balaban J connectivity index is 2.10. The summed E-state index contributed by atoms with van der Waals surface area (Å²) in [5.41, 5.74) is 1.34. The predicted molar refractivity (Wildman–Crippen MR) is 61.6 cm³/mol. The van der Waals surface area contributed by atoms with Gasteiger partial charge in [-0.2, -0.15) is 0 Å². The Morgan fingerprint density at radius 1 is 1.19 bits per heavy atom. The smallest absolute Gasteiger partial charge is 0.337 e. The minimum absolute atomic E-state index is 0.275. The van der Waals surface area contributed by atoms with Crippen molar-refractivity contribution in [2.45, 2.75) is 44.4 Å². The first-order valence-electron chi connectivity index (χ1n) is 5.96. The maximum atomic E-state index is 10.7. The van der Waals surface area contributed by atoms with Gasteiger partial charge in [0.05, 0.1) is 5.56 Å². The summed E-state index contributed by atoms with van der Waals surface area (Å²) in [6, 6.07) is 3.54. The maximum Gasteiger partial charge on any atom is 0.337 e. The Morgan fingerprint density at radius 2 is 1.88 bits per heavy atom. The summed E-state index contributed by atoms with van der Waals surface area (Å²) in [5, 5.41) is 8.79. The molecule has 0 atom stereocenters. The first-order valence-corrected chi connectivity index (χ1v) is 5.96. The SMILES string of the molecule is O=C(O)c1ccc(C2CCCCCC2)nc1. The Morgan fingerprint density at radius 3 is 2.38 bits per heavy atom. The summed E-state index contributed by atoms with van der Waals surface area (Å²) in [6.45, 7) is 0. The monoisotopic (exact) mass is 219 g/mol. The molecule has 86 valence electrons. The van der Waals surface area contributed by atoms with Crippen molar-refractivity contribution in [2.24, 2.45) is 0 Å². The highest BCUT2D eigenvalue weighted by atomic mass is 16.4. The van der Waals surface area contributed by atoms with Gasteiger partial charge in [-0.3, -0.25) is 4.98 Å². The molecule has 1 N–H and O–H groups in total. The van der Waals surface area contributed by atoms with Crippen molar-refractivity contribution in [3.05, 3.63) is 29.6 Å². The molecule has 16 heavy (non-hydrogen) atoms. The van der Waals surface area contributed by atoms with Crippen molar-refractivity contribution in [2.75, 3.05) is 0 Å². The summed E-state index contributed by atoms with van der Waals surface area (Å²) in [7, 11) is 0. The van der Waals surface area contributed by atoms with Crippen molar-refractivity contribution < 1.29 is 9.90 Å². The fourth-order valence-corrected chi connectivity index (χ4v) is 2.35. The van der Waals surface area contributed by atoms with Gasteiger partial charge in [0.25, 0.3) is 0 Å². The van der Waals surface area contributed by atoms with Gasteiger partial charge >= 0.3 is 5.97 Å². The summed E-state index contributed by atoms with van der Waals surface area (Å²) in [4.78, 5) is 15.0. The lowest BCUT2D eigenvalue weighted by molar-refractivity contribution is 0.0696. The van der Waals surface area contributed by atoms with Gasteiger partial charge in [0.1, 0.15) is 0 Å². The summed E-state index contributed by atoms with van der Waals surface area (Å²) < 4.78 is 0. The number of hydrogen-bond acceptors (Lipinski definition) is 2. The van der Waals surface area contributed by atoms with Gasteiger partial charge in [-0.25, -0.2) is 4.79 Å². The van der Waals surface area contributed by atoms with Crippen LogP contribution in [-0.4, -0.2) is 16.1 Å². The molecule has 2 rings (SSSR count). The minimum atomic E-state index is -0.903. The predicted octanol–water partition coefficient (Wildman–Crippen LogP) is 3.22. The second-order valence-electron chi connectivity index (χ2n) is 4.47. The molecule has 0 saturated heterocycles. The van der Waals surface area contributed by atoms with Crippen LogP contribution in [0.25, 0.3) is 0 Å². The topological polar surface area (TPSA) is 50.2 Å². The molecule has 1 aromatic rings. The van der Waals surface area contributed by atoms with E-state index in [1.54, 1.807) is 6.07 Å². The van der Waals surface area contributed by atoms with Crippen molar-refractivity contribution >= 4 is 5.97 Å². The zero-order valence-corrected chi connectivity index (χ0v) is 9.35. The van der Waals surface area contributed by atoms with Gasteiger partial charge in [0.15, 0.2) is 0 Å². The molecule has 0 bridgehead atoms. The van der Waals surface area contributed by atoms with Gasteiger partial charge in [-0.15, -0.1) is 0 Å². The standard InChI is InChI=1S/C13H17NO2/c15-13(16)11-7-8-12(14-9-11)10-5-3-1-2-4-6-10/h7-10H,1-6H2,(H,15,16). The van der Waals surface area contributed by atoms with Crippen molar-refractivity contribution in [1.29, 1.82) is 0 Å². The first-order chi connectivity index (χ1) is 7.77. The van der Waals surface area contributed by atoms with Crippen molar-refractivity contribution in [3.63, 3.8) is 0 Å². The summed E-state index contributed by atoms with van der Waals surface area (Å²) in [6.07, 6.45) is 9.05. The third-order valence-corrected chi connectivity index (χ3v) is 3.31. The van der Waals surface area contributed by atoms with E-state index in [2.05, 4.69) is 4.98 Å². The van der Waals surface area contributed by atoms with E-state index in [4.69, 9.17) is 5.11 Å². The number of pyridine rings is 1. The lowest BCUT2D eigenvalue weighted by atomic mass is 9.96. The van der Waals surface area contributed by atoms with E-state index in [1.807, 2.05) is 6.07 Å². The van der Waals surface area contributed by atoms with Crippen LogP contribution in [0, 0.1) is 0 Å². The summed E-state index contributed by atoms with van der Waals surface area (Å²) in [5.74, 6) is -0.370. The van der Waals surface area contributed by atoms with E-state index in [0.717, 1.165) is 5.69 Å². The van der Waals surface area contributed by atoms with Crippen LogP contribution in [-0.2, 0) is 0 Å². The molecule has 0 unspecified atom stereocenters. The highest BCUT2D eigenvalue weighted by Crippen LogP contribution is 2.30. The molecule has 1 aliphatic carbocycles. The zero-order chi connectivity index (χ0) is 11.4. The third-order valence-electron chi connectivity index (χ3n) is 3.31. The minimum Gasteiger partial charge on any atom is -0.478 e. The maximum absolute atomic E-state index is 10.7. The normalized spacial score (nSPS) is 18.0. The molecule has 1 aromatic heterocycles. The number of hydrogen-bond donors (Lipinski definition) is 1. The number of rotatable bonds is 2. The first kappa shape index (κ1) is 11.1. The molecule has 1 heterocycles. The molecule has 0 aliphatic heterocycles. The molecule has 0 aromatic carbocycles. The molecule has 0 spiro atoms. The lowest BCUT2D eigenvalue weighted by Crippen LogP contribution is -2.03. The quantitative estimate of drug-likeness (QED) is 0.777. The fraction of sp³-hybridized carbons (Fsp3) is 0.538. The fourth-order valence-electron chi connectivity index (χ4n) is 2.35. The van der Waals surface area contributed by atoms with Crippen LogP contribution >= 0.6 is 0 Å². The molecule has 0 radical (unpaired) electrons. The zero-order valence-electron chi connectivity index (χ0n) is 9.35. The van der Waals surface area contributed by atoms with E-state index in [9.17, 15) is 4.79 Å². The van der Waals surface area contributed by atoms with Crippen LogP contribution in [0.2, 0.25) is 0 Å². The van der Waals surface area contributed by atoms with E-state index in [1.165, 1.54) is 44.7 Å². The van der Waals surface area contributed by atoms with Gasteiger partial charge in [-0.05, 0) is 25.0 Å². The van der Waals surface area contributed by atoms with E-state index >= 15 is 0 Å². The van der Waals surface area contributed by atoms with Gasteiger partial charge < -0.3 is 5.11 Å². The molecule has 1 fully saturated rings. The average Bonchev–Trinajstić information content (AvgIpc) is 2.57. The number of aromatic nitrogens is 1. The van der Waals surface area contributed by atoms with E-state index < -0.39 is 5.97 Å². The summed E-state index contributed by atoms with van der Waals surface area (Å²) >= 11 is 0. The van der Waals surface area contributed by atoms with E-state index in [0.29, 0.717) is 5.92 Å². The molecule has 1 aliphatic rings. The Labute approximate surface area is 95.5 Å². The number of carboxylic acids is 1. The molecule has 3 nitrogen and oxygen atoms in total. The van der Waals surface area contributed by atoms with Crippen molar-refractivity contribution in [1.82, 2.24) is 4.98 Å². The number of carboxylic acid groups (broad SMARTS) is 1. The van der Waals surface area contributed by atoms with Crippen LogP contribution in [0.15, 0.2) is 18.3 Å². The van der Waals surface area contributed by atoms with Crippen LogP contribution in [0.1, 0.15) is 60.5 Å². The van der Waals surface area contributed by atoms with Gasteiger partial charge in [0, 0.05) is 17.8 Å². The Hall–Kier alpha value is -1.38. The third kappa shape index (κ3) is 2.60. The average molecular weight is 219 g/mol. The molecular formula is C13H17NO2. The highest BCUT2D eigenvalue weighted by Gasteiger charge is 2.15. The lowest BCUT2D eigenvalue weighted by Gasteiger charge is -2.12. The largest absolute Gasteiger partial charge is 0.478 e. The van der Waals surface area contributed by atoms with Crippen molar-refractivity contribution in [3.8, 4) is 0 Å². The Bertz CT molecular complexity index is 351. The van der Waals surface area contributed by atoms with Crippen LogP contribution in [0.5, 0.6) is 0 Å². The van der Waals surface area contributed by atoms with Gasteiger partial charge in [0.2, 0.25) is 0 Å². The Kier molecular flexibility index (Phi) is 3.54. The highest BCUT2D eigenvalue weighted by molar-refractivity contribution is 5.87. The molecule has 0 amide bonds. The van der Waals surface area contributed by atoms with Crippen LogP contribution < -0.4 is 0 Å². The van der Waals surface area contributed by atoms with Crippen LogP contribution in [0.3, 0.4) is 0 Å². The number of nitrogens with zero attached hydrogens (tertiary/aromatic N) is 1. The van der Waals surface area contributed by atoms with Gasteiger partial charge in [-0.1, -0.05) is 25.7 Å². The van der Waals surface area contributed by atoms with E-state index in [-0.39, 0.29) is 5.56 Å². The second kappa shape index (κ2) is 5.10. The number of carbonyl (C=O) groups is 1. The molecular weight excluding hydrogens is 202 g/mol. The molecule has 3 heteroatoms. The van der Waals surface area contributed by atoms with Crippen LogP contribution in [0.4, 0.5) is 0 Å². The second-order valence-corrected chi connectivity index (χ2v) is 4.47.